The number of rotatable bonds is 4. The minimum absolute atomic E-state index is 0.988. The molecule has 1 heteroatoms. The third-order valence-electron chi connectivity index (χ3n) is 8.10. The van der Waals surface area contributed by atoms with Gasteiger partial charge in [0.05, 0.1) is 5.69 Å². The summed E-state index contributed by atoms with van der Waals surface area (Å²) in [6, 6.07) is 52.6. The minimum atomic E-state index is 0.988. The number of hydrogen-bond acceptors (Lipinski definition) is 1. The maximum atomic E-state index is 4.55. The number of pyridine rings is 1. The summed E-state index contributed by atoms with van der Waals surface area (Å²) in [4.78, 5) is 4.55. The number of aromatic nitrogens is 1. The number of benzene rings is 7. The molecule has 1 aromatic heterocycles. The van der Waals surface area contributed by atoms with Crippen molar-refractivity contribution in [2.24, 2.45) is 0 Å². The van der Waals surface area contributed by atoms with Crippen LogP contribution in [0.4, 0.5) is 0 Å². The van der Waals surface area contributed by atoms with Crippen molar-refractivity contribution in [3.05, 3.63) is 152 Å². The van der Waals surface area contributed by atoms with E-state index in [1.807, 2.05) is 18.3 Å². The summed E-state index contributed by atoms with van der Waals surface area (Å²) >= 11 is 0. The topological polar surface area (TPSA) is 12.9 Å². The SMILES string of the molecule is c1ccc(-c2ccccc2-c2cc(-c3ccc(-c4ccccn4)cc3)c3ccc4cccc5ccc2c3c45)cc1. The lowest BCUT2D eigenvalue weighted by Gasteiger charge is -2.19. The molecule has 0 unspecified atom stereocenters. The second-order valence-corrected chi connectivity index (χ2v) is 10.4. The Balaban J connectivity index is 1.44. The van der Waals surface area contributed by atoms with Gasteiger partial charge in [-0.3, -0.25) is 4.98 Å². The number of hydrogen-bond donors (Lipinski definition) is 0. The lowest BCUT2D eigenvalue weighted by Crippen LogP contribution is -1.92. The molecule has 1 nitrogen and oxygen atoms in total. The fourth-order valence-electron chi connectivity index (χ4n) is 6.23. The van der Waals surface area contributed by atoms with Crippen molar-refractivity contribution in [1.29, 1.82) is 0 Å². The fourth-order valence-corrected chi connectivity index (χ4v) is 6.23. The van der Waals surface area contributed by atoms with Gasteiger partial charge >= 0.3 is 0 Å². The fraction of sp³-hybridized carbons (Fsp3) is 0. The monoisotopic (exact) mass is 507 g/mol. The Hall–Kier alpha value is -5.27. The summed E-state index contributed by atoms with van der Waals surface area (Å²) in [5.41, 5.74) is 9.54. The molecule has 0 aliphatic carbocycles. The van der Waals surface area contributed by atoms with Crippen LogP contribution in [0.1, 0.15) is 0 Å². The Morgan fingerprint density at radius 2 is 0.975 bits per heavy atom. The van der Waals surface area contributed by atoms with Crippen LogP contribution in [0, 0.1) is 0 Å². The van der Waals surface area contributed by atoms with Crippen LogP contribution in [0.15, 0.2) is 152 Å². The Labute approximate surface area is 233 Å². The Morgan fingerprint density at radius 1 is 0.350 bits per heavy atom. The molecule has 40 heavy (non-hydrogen) atoms. The summed E-state index contributed by atoms with van der Waals surface area (Å²) in [5, 5.41) is 7.80. The number of nitrogens with zero attached hydrogens (tertiary/aromatic N) is 1. The highest BCUT2D eigenvalue weighted by atomic mass is 14.7. The van der Waals surface area contributed by atoms with Gasteiger partial charge in [0.2, 0.25) is 0 Å². The predicted octanol–water partition coefficient (Wildman–Crippen LogP) is 10.6. The highest BCUT2D eigenvalue weighted by Crippen LogP contribution is 2.45. The second kappa shape index (κ2) is 9.18. The van der Waals surface area contributed by atoms with E-state index in [-0.39, 0.29) is 0 Å². The van der Waals surface area contributed by atoms with Crippen molar-refractivity contribution in [2.45, 2.75) is 0 Å². The van der Waals surface area contributed by atoms with Crippen molar-refractivity contribution in [1.82, 2.24) is 4.98 Å². The normalized spacial score (nSPS) is 11.5. The zero-order valence-corrected chi connectivity index (χ0v) is 21.9. The molecule has 1 heterocycles. The van der Waals surface area contributed by atoms with Crippen LogP contribution in [-0.2, 0) is 0 Å². The first-order valence-corrected chi connectivity index (χ1v) is 13.7. The van der Waals surface area contributed by atoms with E-state index in [2.05, 4.69) is 138 Å². The molecule has 0 aliphatic rings. The molecular weight excluding hydrogens is 482 g/mol. The quantitative estimate of drug-likeness (QED) is 0.216. The van der Waals surface area contributed by atoms with Gasteiger partial charge in [-0.15, -0.1) is 0 Å². The van der Waals surface area contributed by atoms with E-state index in [4.69, 9.17) is 0 Å². The second-order valence-electron chi connectivity index (χ2n) is 10.4. The molecule has 0 saturated carbocycles. The molecule has 8 aromatic rings. The first kappa shape index (κ1) is 22.7. The standard InChI is InChI=1S/C39H25N/c1-2-9-26(10-3-1)31-13-4-5-14-32(31)36-25-35(27-16-18-28(19-17-27)37-15-6-7-24-40-37)33-22-20-29-11-8-12-30-21-23-34(36)39(33)38(29)30/h1-25H. The van der Waals surface area contributed by atoms with Crippen LogP contribution >= 0.6 is 0 Å². The third kappa shape index (κ3) is 3.60. The Bertz CT molecular complexity index is 2110. The van der Waals surface area contributed by atoms with Gasteiger partial charge in [0.15, 0.2) is 0 Å². The van der Waals surface area contributed by atoms with Crippen molar-refractivity contribution >= 4 is 32.3 Å². The van der Waals surface area contributed by atoms with Crippen LogP contribution in [-0.4, -0.2) is 4.98 Å². The van der Waals surface area contributed by atoms with Gasteiger partial charge in [0, 0.05) is 11.8 Å². The molecule has 0 amide bonds. The van der Waals surface area contributed by atoms with Crippen molar-refractivity contribution < 1.29 is 0 Å². The first-order chi connectivity index (χ1) is 19.8. The van der Waals surface area contributed by atoms with Gasteiger partial charge in [0.1, 0.15) is 0 Å². The maximum Gasteiger partial charge on any atom is 0.0701 e. The summed E-state index contributed by atoms with van der Waals surface area (Å²) in [7, 11) is 0. The molecule has 7 aromatic carbocycles. The largest absolute Gasteiger partial charge is 0.256 e. The van der Waals surface area contributed by atoms with E-state index in [9.17, 15) is 0 Å². The molecule has 0 aliphatic heterocycles. The van der Waals surface area contributed by atoms with Crippen LogP contribution in [0.3, 0.4) is 0 Å². The van der Waals surface area contributed by atoms with Crippen LogP contribution < -0.4 is 0 Å². The van der Waals surface area contributed by atoms with Gasteiger partial charge in [-0.05, 0) is 83.9 Å². The Kier molecular flexibility index (Phi) is 5.21. The molecule has 0 saturated heterocycles. The van der Waals surface area contributed by atoms with Gasteiger partial charge < -0.3 is 0 Å². The van der Waals surface area contributed by atoms with Gasteiger partial charge in [-0.1, -0.05) is 127 Å². The van der Waals surface area contributed by atoms with E-state index >= 15 is 0 Å². The average Bonchev–Trinajstić information content (AvgIpc) is 3.04. The third-order valence-corrected chi connectivity index (χ3v) is 8.10. The average molecular weight is 508 g/mol. The van der Waals surface area contributed by atoms with Crippen molar-refractivity contribution in [3.8, 4) is 44.6 Å². The van der Waals surface area contributed by atoms with Crippen LogP contribution in [0.25, 0.3) is 77.0 Å². The highest BCUT2D eigenvalue weighted by Gasteiger charge is 2.18. The van der Waals surface area contributed by atoms with E-state index < -0.39 is 0 Å². The summed E-state index contributed by atoms with van der Waals surface area (Å²) in [6.07, 6.45) is 1.85. The Morgan fingerprint density at radius 3 is 1.70 bits per heavy atom. The summed E-state index contributed by atoms with van der Waals surface area (Å²) in [5.74, 6) is 0. The molecule has 0 atom stereocenters. The highest BCUT2D eigenvalue weighted by molar-refractivity contribution is 6.28. The zero-order valence-electron chi connectivity index (χ0n) is 21.9. The predicted molar refractivity (Wildman–Crippen MR) is 170 cm³/mol. The minimum Gasteiger partial charge on any atom is -0.256 e. The molecular formula is C39H25N. The molecule has 0 fully saturated rings. The van der Waals surface area contributed by atoms with Crippen molar-refractivity contribution in [3.63, 3.8) is 0 Å². The molecule has 186 valence electrons. The van der Waals surface area contributed by atoms with Gasteiger partial charge in [-0.2, -0.15) is 0 Å². The van der Waals surface area contributed by atoms with E-state index in [1.54, 1.807) is 0 Å². The molecule has 0 radical (unpaired) electrons. The van der Waals surface area contributed by atoms with E-state index in [0.717, 1.165) is 11.3 Å². The molecule has 8 rings (SSSR count). The molecule has 0 N–H and O–H groups in total. The first-order valence-electron chi connectivity index (χ1n) is 13.7. The molecule has 0 bridgehead atoms. The van der Waals surface area contributed by atoms with Gasteiger partial charge in [0.25, 0.3) is 0 Å². The molecule has 0 spiro atoms. The lowest BCUT2D eigenvalue weighted by atomic mass is 9.84. The smallest absolute Gasteiger partial charge is 0.0701 e. The van der Waals surface area contributed by atoms with Crippen LogP contribution in [0.5, 0.6) is 0 Å². The van der Waals surface area contributed by atoms with E-state index in [0.29, 0.717) is 0 Å². The van der Waals surface area contributed by atoms with Gasteiger partial charge in [-0.25, -0.2) is 0 Å². The lowest BCUT2D eigenvalue weighted by molar-refractivity contribution is 1.33. The van der Waals surface area contributed by atoms with Crippen LogP contribution in [0.2, 0.25) is 0 Å². The van der Waals surface area contributed by atoms with E-state index in [1.165, 1.54) is 65.7 Å². The summed E-state index contributed by atoms with van der Waals surface area (Å²) < 4.78 is 0. The van der Waals surface area contributed by atoms with Crippen molar-refractivity contribution in [2.75, 3.05) is 0 Å². The zero-order chi connectivity index (χ0) is 26.5. The maximum absolute atomic E-state index is 4.55. The summed E-state index contributed by atoms with van der Waals surface area (Å²) in [6.45, 7) is 0.